The third kappa shape index (κ3) is 3.90. The molecule has 0 radical (unpaired) electrons. The number of fused-ring (bicyclic) bond motifs is 1. The van der Waals surface area contributed by atoms with Gasteiger partial charge in [-0.25, -0.2) is 0 Å². The van der Waals surface area contributed by atoms with E-state index in [1.807, 2.05) is 23.1 Å². The van der Waals surface area contributed by atoms with Crippen molar-refractivity contribution in [1.29, 1.82) is 0 Å². The van der Waals surface area contributed by atoms with Gasteiger partial charge < -0.3 is 9.32 Å². The lowest BCUT2D eigenvalue weighted by Gasteiger charge is -2.43. The van der Waals surface area contributed by atoms with Gasteiger partial charge in [-0.05, 0) is 55.8 Å². The summed E-state index contributed by atoms with van der Waals surface area (Å²) >= 11 is 12.0. The SMILES string of the molecule is C[C@@H]1CN(Cc2ccc(Cl)cc2)[C@@H](C)CN1C(=O)c1cc2cc(Cl)ccc2o1. The van der Waals surface area contributed by atoms with Crippen molar-refractivity contribution < 1.29 is 9.21 Å². The second-order valence-corrected chi connectivity index (χ2v) is 8.38. The Kier molecular flexibility index (Phi) is 5.37. The Hall–Kier alpha value is -2.01. The molecule has 146 valence electrons. The fourth-order valence-electron chi connectivity index (χ4n) is 3.79. The second kappa shape index (κ2) is 7.78. The monoisotopic (exact) mass is 416 g/mol. The molecule has 2 aromatic carbocycles. The molecule has 1 aliphatic heterocycles. The predicted octanol–water partition coefficient (Wildman–Crippen LogP) is 5.47. The van der Waals surface area contributed by atoms with Gasteiger partial charge in [-0.1, -0.05) is 35.3 Å². The second-order valence-electron chi connectivity index (χ2n) is 7.50. The summed E-state index contributed by atoms with van der Waals surface area (Å²) in [6, 6.07) is 15.4. The van der Waals surface area contributed by atoms with E-state index in [0.717, 1.165) is 23.5 Å². The lowest BCUT2D eigenvalue weighted by Crippen LogP contribution is -2.57. The molecule has 6 heteroatoms. The van der Waals surface area contributed by atoms with E-state index in [9.17, 15) is 4.79 Å². The molecule has 0 bridgehead atoms. The number of nitrogens with zero attached hydrogens (tertiary/aromatic N) is 2. The van der Waals surface area contributed by atoms with Crippen LogP contribution in [0, 0.1) is 0 Å². The molecular formula is C22H22Cl2N2O2. The fourth-order valence-corrected chi connectivity index (χ4v) is 4.09. The van der Waals surface area contributed by atoms with Gasteiger partial charge in [-0.2, -0.15) is 0 Å². The lowest BCUT2D eigenvalue weighted by molar-refractivity contribution is 0.0269. The summed E-state index contributed by atoms with van der Waals surface area (Å²) in [4.78, 5) is 17.4. The third-order valence-corrected chi connectivity index (χ3v) is 5.85. The lowest BCUT2D eigenvalue weighted by atomic mass is 10.1. The standard InChI is InChI=1S/C22H22Cl2N2O2/c1-14-12-26(15(2)11-25(14)13-16-3-5-18(23)6-4-16)22(27)21-10-17-9-19(24)7-8-20(17)28-21/h3-10,14-15H,11-13H2,1-2H3/t14-,15+/m0/s1. The molecule has 1 aromatic heterocycles. The number of furan rings is 1. The van der Waals surface area contributed by atoms with Crippen molar-refractivity contribution in [2.75, 3.05) is 13.1 Å². The maximum atomic E-state index is 13.1. The van der Waals surface area contributed by atoms with Crippen molar-refractivity contribution in [3.8, 4) is 0 Å². The minimum atomic E-state index is -0.0715. The van der Waals surface area contributed by atoms with Crippen LogP contribution in [0.15, 0.2) is 52.9 Å². The topological polar surface area (TPSA) is 36.7 Å². The number of benzene rings is 2. The molecular weight excluding hydrogens is 395 g/mol. The van der Waals surface area contributed by atoms with Crippen molar-refractivity contribution in [3.63, 3.8) is 0 Å². The van der Waals surface area contributed by atoms with Gasteiger partial charge in [0.1, 0.15) is 5.58 Å². The molecule has 4 nitrogen and oxygen atoms in total. The summed E-state index contributed by atoms with van der Waals surface area (Å²) < 4.78 is 5.78. The van der Waals surface area contributed by atoms with Crippen LogP contribution >= 0.6 is 23.2 Å². The number of piperazine rings is 1. The van der Waals surface area contributed by atoms with Crippen molar-refractivity contribution in [2.45, 2.75) is 32.5 Å². The molecule has 4 rings (SSSR count). The van der Waals surface area contributed by atoms with Gasteiger partial charge in [-0.15, -0.1) is 0 Å². The summed E-state index contributed by atoms with van der Waals surface area (Å²) in [6.07, 6.45) is 0. The molecule has 28 heavy (non-hydrogen) atoms. The zero-order chi connectivity index (χ0) is 19.8. The molecule has 1 amide bonds. The van der Waals surface area contributed by atoms with Crippen LogP contribution in [-0.2, 0) is 6.54 Å². The maximum absolute atomic E-state index is 13.1. The van der Waals surface area contributed by atoms with Crippen molar-refractivity contribution in [1.82, 2.24) is 9.80 Å². The summed E-state index contributed by atoms with van der Waals surface area (Å²) in [6.45, 7) is 6.54. The van der Waals surface area contributed by atoms with Crippen LogP contribution in [-0.4, -0.2) is 40.9 Å². The largest absolute Gasteiger partial charge is 0.451 e. The smallest absolute Gasteiger partial charge is 0.289 e. The zero-order valence-corrected chi connectivity index (χ0v) is 17.4. The Bertz CT molecular complexity index is 999. The van der Waals surface area contributed by atoms with Crippen molar-refractivity contribution in [2.24, 2.45) is 0 Å². The number of carbonyl (C=O) groups excluding carboxylic acids is 1. The Morgan fingerprint density at radius 3 is 2.46 bits per heavy atom. The number of rotatable bonds is 3. The molecule has 0 spiro atoms. The summed E-state index contributed by atoms with van der Waals surface area (Å²) in [5.74, 6) is 0.292. The highest BCUT2D eigenvalue weighted by molar-refractivity contribution is 6.31. The van der Waals surface area contributed by atoms with E-state index in [2.05, 4.69) is 30.9 Å². The van der Waals surface area contributed by atoms with Crippen molar-refractivity contribution in [3.05, 3.63) is 69.9 Å². The Morgan fingerprint density at radius 1 is 1.00 bits per heavy atom. The molecule has 0 N–H and O–H groups in total. The number of hydrogen-bond acceptors (Lipinski definition) is 3. The van der Waals surface area contributed by atoms with Gasteiger partial charge in [0.25, 0.3) is 5.91 Å². The average Bonchev–Trinajstić information content (AvgIpc) is 3.09. The third-order valence-electron chi connectivity index (χ3n) is 5.36. The van der Waals surface area contributed by atoms with Crippen LogP contribution in [0.4, 0.5) is 0 Å². The van der Waals surface area contributed by atoms with Gasteiger partial charge >= 0.3 is 0 Å². The van der Waals surface area contributed by atoms with E-state index in [4.69, 9.17) is 27.6 Å². The van der Waals surface area contributed by atoms with E-state index < -0.39 is 0 Å². The quantitative estimate of drug-likeness (QED) is 0.567. The van der Waals surface area contributed by atoms with E-state index in [1.165, 1.54) is 5.56 Å². The van der Waals surface area contributed by atoms with Crippen LogP contribution < -0.4 is 0 Å². The number of halogens is 2. The molecule has 2 heterocycles. The minimum absolute atomic E-state index is 0.0715. The van der Waals surface area contributed by atoms with Crippen LogP contribution in [0.2, 0.25) is 10.0 Å². The van der Waals surface area contributed by atoms with E-state index in [0.29, 0.717) is 22.9 Å². The van der Waals surface area contributed by atoms with Gasteiger partial charge in [0, 0.05) is 47.1 Å². The average molecular weight is 417 g/mol. The molecule has 0 unspecified atom stereocenters. The van der Waals surface area contributed by atoms with Crippen LogP contribution in [0.1, 0.15) is 30.0 Å². The van der Waals surface area contributed by atoms with Crippen LogP contribution in [0.25, 0.3) is 11.0 Å². The number of carbonyl (C=O) groups is 1. The zero-order valence-electron chi connectivity index (χ0n) is 15.9. The fraction of sp³-hybridized carbons (Fsp3) is 0.318. The number of hydrogen-bond donors (Lipinski definition) is 0. The first-order chi connectivity index (χ1) is 13.4. The summed E-state index contributed by atoms with van der Waals surface area (Å²) in [5, 5.41) is 2.22. The molecule has 1 aliphatic rings. The molecule has 1 saturated heterocycles. The van der Waals surface area contributed by atoms with Gasteiger partial charge in [0.2, 0.25) is 0 Å². The van der Waals surface area contributed by atoms with Gasteiger partial charge in [0.05, 0.1) is 0 Å². The summed E-state index contributed by atoms with van der Waals surface area (Å²) in [7, 11) is 0. The molecule has 0 saturated carbocycles. The first-order valence-electron chi connectivity index (χ1n) is 9.39. The van der Waals surface area contributed by atoms with Gasteiger partial charge in [-0.3, -0.25) is 9.69 Å². The van der Waals surface area contributed by atoms with E-state index >= 15 is 0 Å². The highest BCUT2D eigenvalue weighted by atomic mass is 35.5. The molecule has 0 aliphatic carbocycles. The Balaban J connectivity index is 1.48. The summed E-state index contributed by atoms with van der Waals surface area (Å²) in [5.41, 5.74) is 1.90. The highest BCUT2D eigenvalue weighted by Gasteiger charge is 2.33. The highest BCUT2D eigenvalue weighted by Crippen LogP contribution is 2.26. The Labute approximate surface area is 174 Å². The van der Waals surface area contributed by atoms with E-state index in [1.54, 1.807) is 18.2 Å². The first-order valence-corrected chi connectivity index (χ1v) is 10.1. The first kappa shape index (κ1) is 19.3. The normalized spacial score (nSPS) is 20.6. The molecule has 2 atom stereocenters. The minimum Gasteiger partial charge on any atom is -0.451 e. The van der Waals surface area contributed by atoms with Crippen molar-refractivity contribution >= 4 is 40.1 Å². The molecule has 1 fully saturated rings. The van der Waals surface area contributed by atoms with Gasteiger partial charge in [0.15, 0.2) is 5.76 Å². The van der Waals surface area contributed by atoms with E-state index in [-0.39, 0.29) is 18.0 Å². The van der Waals surface area contributed by atoms with Crippen LogP contribution in [0.5, 0.6) is 0 Å². The number of amides is 1. The predicted molar refractivity (Wildman–Crippen MR) is 113 cm³/mol. The maximum Gasteiger partial charge on any atom is 0.289 e. The van der Waals surface area contributed by atoms with Crippen LogP contribution in [0.3, 0.4) is 0 Å². The molecule has 3 aromatic rings. The Morgan fingerprint density at radius 2 is 1.71 bits per heavy atom.